The van der Waals surface area contributed by atoms with Gasteiger partial charge in [-0.25, -0.2) is 8.42 Å². The number of methoxy groups -OCH3 is 1. The molecule has 4 rings (SSSR count). The molecule has 0 fully saturated rings. The number of hydrogen-bond acceptors (Lipinski definition) is 5. The van der Waals surface area contributed by atoms with Crippen molar-refractivity contribution in [1.29, 1.82) is 0 Å². The highest BCUT2D eigenvalue weighted by Gasteiger charge is 2.36. The molecule has 1 N–H and O–H groups in total. The largest absolute Gasteiger partial charge is 0.497 e. The first-order chi connectivity index (χ1) is 22.2. The minimum atomic E-state index is -4.25. The van der Waals surface area contributed by atoms with Crippen molar-refractivity contribution < 1.29 is 22.7 Å². The molecular weight excluding hydrogens is 634 g/mol. The Morgan fingerprint density at radius 3 is 2.17 bits per heavy atom. The van der Waals surface area contributed by atoms with E-state index >= 15 is 0 Å². The van der Waals surface area contributed by atoms with Crippen LogP contribution in [0.3, 0.4) is 0 Å². The van der Waals surface area contributed by atoms with E-state index in [1.54, 1.807) is 50.4 Å². The Kier molecular flexibility index (Phi) is 11.4. The van der Waals surface area contributed by atoms with Gasteiger partial charge >= 0.3 is 0 Å². The van der Waals surface area contributed by atoms with Crippen molar-refractivity contribution in [1.82, 2.24) is 10.2 Å². The number of benzene rings is 4. The fourth-order valence-corrected chi connectivity index (χ4v) is 6.81. The van der Waals surface area contributed by atoms with Crippen LogP contribution in [0.1, 0.15) is 43.0 Å². The van der Waals surface area contributed by atoms with E-state index in [1.807, 2.05) is 70.2 Å². The van der Waals surface area contributed by atoms with E-state index in [-0.39, 0.29) is 29.5 Å². The van der Waals surface area contributed by atoms with Crippen molar-refractivity contribution >= 4 is 39.1 Å². The molecule has 0 saturated carbocycles. The van der Waals surface area contributed by atoms with E-state index in [1.165, 1.54) is 23.1 Å². The van der Waals surface area contributed by atoms with Crippen LogP contribution >= 0.6 is 11.6 Å². The van der Waals surface area contributed by atoms with Crippen LogP contribution in [0.4, 0.5) is 5.69 Å². The van der Waals surface area contributed by atoms with Gasteiger partial charge in [0.1, 0.15) is 18.3 Å². The Labute approximate surface area is 283 Å². The molecule has 10 heteroatoms. The lowest BCUT2D eigenvalue weighted by Crippen LogP contribution is -2.56. The summed E-state index contributed by atoms with van der Waals surface area (Å²) in [6, 6.07) is 27.1. The van der Waals surface area contributed by atoms with Gasteiger partial charge in [0.25, 0.3) is 10.0 Å². The SMILES string of the molecule is COc1cccc(CN(C(=O)CN(c2cc(Cl)ccc2C)S(=O)(=O)c2ccc(C)cc2)[C@H](Cc2ccccc2)C(=O)NC(C)(C)C)c1. The standard InChI is InChI=1S/C37H42ClN3O5S/c1-26-15-19-32(20-16-26)47(44,45)41(33-23-30(38)18-17-27(33)2)25-35(42)40(24-29-13-10-14-31(21-29)46-6)34(36(43)39-37(3,4)5)22-28-11-8-7-9-12-28/h7-21,23,34H,22,24-25H2,1-6H3,(H,39,43)/t34-/m1/s1. The predicted octanol–water partition coefficient (Wildman–Crippen LogP) is 6.72. The maximum Gasteiger partial charge on any atom is 0.264 e. The Bertz CT molecular complexity index is 1810. The molecule has 4 aromatic rings. The Balaban J connectivity index is 1.86. The molecule has 0 aromatic heterocycles. The number of halogens is 1. The van der Waals surface area contributed by atoms with Gasteiger partial charge in [-0.2, -0.15) is 0 Å². The van der Waals surface area contributed by atoms with E-state index in [9.17, 15) is 18.0 Å². The van der Waals surface area contributed by atoms with Crippen LogP contribution in [0, 0.1) is 13.8 Å². The molecular formula is C37H42ClN3O5S. The van der Waals surface area contributed by atoms with Gasteiger partial charge in [-0.05, 0) is 87.7 Å². The summed E-state index contributed by atoms with van der Waals surface area (Å²) in [7, 11) is -2.70. The molecule has 0 aliphatic heterocycles. The summed E-state index contributed by atoms with van der Waals surface area (Å²) >= 11 is 6.37. The van der Waals surface area contributed by atoms with E-state index in [4.69, 9.17) is 16.3 Å². The second-order valence-corrected chi connectivity index (χ2v) is 14.9. The van der Waals surface area contributed by atoms with Gasteiger partial charge in [0, 0.05) is 23.5 Å². The fourth-order valence-electron chi connectivity index (χ4n) is 5.18. The summed E-state index contributed by atoms with van der Waals surface area (Å²) in [5.74, 6) is -0.330. The van der Waals surface area contributed by atoms with Crippen LogP contribution in [0.15, 0.2) is 102 Å². The van der Waals surface area contributed by atoms with E-state index in [0.29, 0.717) is 21.9 Å². The van der Waals surface area contributed by atoms with Crippen molar-refractivity contribution in [2.24, 2.45) is 0 Å². The first kappa shape index (κ1) is 35.5. The number of amides is 2. The zero-order chi connectivity index (χ0) is 34.4. The smallest absolute Gasteiger partial charge is 0.264 e. The highest BCUT2D eigenvalue weighted by Crippen LogP contribution is 2.30. The van der Waals surface area contributed by atoms with Crippen molar-refractivity contribution in [2.75, 3.05) is 18.0 Å². The van der Waals surface area contributed by atoms with Crippen molar-refractivity contribution in [3.05, 3.63) is 124 Å². The number of nitrogens with one attached hydrogen (secondary N) is 1. The highest BCUT2D eigenvalue weighted by molar-refractivity contribution is 7.92. The molecule has 2 amide bonds. The summed E-state index contributed by atoms with van der Waals surface area (Å²) in [6.45, 7) is 8.69. The highest BCUT2D eigenvalue weighted by atomic mass is 35.5. The second-order valence-electron chi connectivity index (χ2n) is 12.6. The molecule has 0 spiro atoms. The molecule has 0 unspecified atom stereocenters. The third-order valence-electron chi connectivity index (χ3n) is 7.58. The van der Waals surface area contributed by atoms with E-state index < -0.39 is 34.1 Å². The van der Waals surface area contributed by atoms with Crippen LogP contribution in [0.5, 0.6) is 5.75 Å². The quantitative estimate of drug-likeness (QED) is 0.180. The van der Waals surface area contributed by atoms with Crippen LogP contribution in [-0.4, -0.2) is 50.4 Å². The number of anilines is 1. The lowest BCUT2D eigenvalue weighted by molar-refractivity contribution is -0.140. The average molecular weight is 676 g/mol. The summed E-state index contributed by atoms with van der Waals surface area (Å²) < 4.78 is 35.1. The number of carbonyl (C=O) groups excluding carboxylic acids is 2. The van der Waals surface area contributed by atoms with Crippen LogP contribution in [0.25, 0.3) is 0 Å². The molecule has 0 aliphatic carbocycles. The van der Waals surface area contributed by atoms with Gasteiger partial charge in [0.15, 0.2) is 0 Å². The lowest BCUT2D eigenvalue weighted by Gasteiger charge is -2.35. The molecule has 0 heterocycles. The van der Waals surface area contributed by atoms with Crippen molar-refractivity contribution in [2.45, 2.75) is 64.1 Å². The topological polar surface area (TPSA) is 96.0 Å². The van der Waals surface area contributed by atoms with E-state index in [2.05, 4.69) is 5.32 Å². The summed E-state index contributed by atoms with van der Waals surface area (Å²) in [6.07, 6.45) is 0.208. The number of ether oxygens (including phenoxy) is 1. The number of sulfonamides is 1. The Morgan fingerprint density at radius 2 is 1.53 bits per heavy atom. The monoisotopic (exact) mass is 675 g/mol. The molecule has 8 nitrogen and oxygen atoms in total. The molecule has 0 bridgehead atoms. The van der Waals surface area contributed by atoms with Gasteiger partial charge in [-0.3, -0.25) is 13.9 Å². The number of nitrogens with zero attached hydrogens (tertiary/aromatic N) is 2. The molecule has 0 aliphatic rings. The minimum Gasteiger partial charge on any atom is -0.497 e. The van der Waals surface area contributed by atoms with Gasteiger partial charge in [0.2, 0.25) is 11.8 Å². The zero-order valence-electron chi connectivity index (χ0n) is 27.7. The number of hydrogen-bond donors (Lipinski definition) is 1. The maximum atomic E-state index is 14.7. The molecule has 248 valence electrons. The normalized spacial score (nSPS) is 12.2. The van der Waals surface area contributed by atoms with Gasteiger partial charge in [-0.1, -0.05) is 77.8 Å². The van der Waals surface area contributed by atoms with Crippen LogP contribution in [-0.2, 0) is 32.6 Å². The van der Waals surface area contributed by atoms with Crippen molar-refractivity contribution in [3.63, 3.8) is 0 Å². The van der Waals surface area contributed by atoms with Crippen LogP contribution < -0.4 is 14.4 Å². The average Bonchev–Trinajstić information content (AvgIpc) is 3.02. The Morgan fingerprint density at radius 1 is 0.872 bits per heavy atom. The first-order valence-electron chi connectivity index (χ1n) is 15.3. The molecule has 0 radical (unpaired) electrons. The summed E-state index contributed by atoms with van der Waals surface area (Å²) in [4.78, 5) is 30.2. The van der Waals surface area contributed by atoms with Crippen LogP contribution in [0.2, 0.25) is 5.02 Å². The van der Waals surface area contributed by atoms with Gasteiger partial charge in [-0.15, -0.1) is 0 Å². The molecule has 1 atom stereocenters. The fraction of sp³-hybridized carbons (Fsp3) is 0.297. The number of rotatable bonds is 12. The number of carbonyl (C=O) groups is 2. The minimum absolute atomic E-state index is 0.0258. The molecule has 47 heavy (non-hydrogen) atoms. The maximum absolute atomic E-state index is 14.7. The summed E-state index contributed by atoms with van der Waals surface area (Å²) in [5.41, 5.74) is 2.75. The third kappa shape index (κ3) is 9.36. The van der Waals surface area contributed by atoms with Crippen molar-refractivity contribution in [3.8, 4) is 5.75 Å². The van der Waals surface area contributed by atoms with Gasteiger partial charge < -0.3 is 15.0 Å². The van der Waals surface area contributed by atoms with E-state index in [0.717, 1.165) is 15.4 Å². The first-order valence-corrected chi connectivity index (χ1v) is 17.1. The number of aryl methyl sites for hydroxylation is 2. The second kappa shape index (κ2) is 15.0. The molecule has 0 saturated heterocycles. The zero-order valence-corrected chi connectivity index (χ0v) is 29.2. The molecule has 4 aromatic carbocycles. The lowest BCUT2D eigenvalue weighted by atomic mass is 10.0. The predicted molar refractivity (Wildman–Crippen MR) is 187 cm³/mol. The van der Waals surface area contributed by atoms with Gasteiger partial charge in [0.05, 0.1) is 17.7 Å². The Hall–Kier alpha value is -4.34. The third-order valence-corrected chi connectivity index (χ3v) is 9.59. The summed E-state index contributed by atoms with van der Waals surface area (Å²) in [5, 5.41) is 3.36.